The van der Waals surface area contributed by atoms with Crippen LogP contribution in [0.2, 0.25) is 0 Å². The first-order valence-electron chi connectivity index (χ1n) is 19.7. The highest BCUT2D eigenvalue weighted by Crippen LogP contribution is 2.47. The molecule has 0 unspecified atom stereocenters. The van der Waals surface area contributed by atoms with E-state index in [1.807, 2.05) is 6.92 Å². The van der Waals surface area contributed by atoms with Gasteiger partial charge in [-0.2, -0.15) is 25.3 Å². The molecule has 2 heterocycles. The lowest BCUT2D eigenvalue weighted by atomic mass is 9.92. The summed E-state index contributed by atoms with van der Waals surface area (Å²) in [4.78, 5) is 13.6. The van der Waals surface area contributed by atoms with Gasteiger partial charge in [-0.15, -0.1) is 0 Å². The molecule has 4 atom stereocenters. The molecule has 16 nitrogen and oxygen atoms in total. The summed E-state index contributed by atoms with van der Waals surface area (Å²) in [5.74, 6) is -2.37. The van der Waals surface area contributed by atoms with Gasteiger partial charge in [-0.25, -0.2) is 0 Å². The minimum absolute atomic E-state index is 0.0268. The Labute approximate surface area is 374 Å². The van der Waals surface area contributed by atoms with Gasteiger partial charge in [0.25, 0.3) is 0 Å². The fraction of sp³-hybridized carbons (Fsp3) is 0.196. The summed E-state index contributed by atoms with van der Waals surface area (Å²) in [7, 11) is -12.1. The van der Waals surface area contributed by atoms with Gasteiger partial charge in [0, 0.05) is 17.7 Å². The Morgan fingerprint density at radius 1 is 0.523 bits per heavy atom. The number of hydrogen-bond donors (Lipinski definition) is 2. The molecule has 0 spiro atoms. The third-order valence-electron chi connectivity index (χ3n) is 10.5. The first kappa shape index (κ1) is 44.9. The molecule has 19 heteroatoms. The van der Waals surface area contributed by atoms with Crippen LogP contribution in [0, 0.1) is 20.8 Å². The zero-order chi connectivity index (χ0) is 46.4. The van der Waals surface area contributed by atoms with E-state index in [2.05, 4.69) is 0 Å². The van der Waals surface area contributed by atoms with E-state index in [1.165, 1.54) is 92.0 Å². The van der Waals surface area contributed by atoms with E-state index >= 15 is 0 Å². The van der Waals surface area contributed by atoms with Crippen molar-refractivity contribution < 1.29 is 71.8 Å². The number of fused-ring (bicyclic) bond motifs is 2. The van der Waals surface area contributed by atoms with E-state index in [4.69, 9.17) is 31.5 Å². The van der Waals surface area contributed by atoms with Crippen LogP contribution in [0.15, 0.2) is 136 Å². The molecule has 0 radical (unpaired) electrons. The van der Waals surface area contributed by atoms with Crippen LogP contribution < -0.4 is 31.5 Å². The van der Waals surface area contributed by atoms with Crippen LogP contribution in [0.25, 0.3) is 0 Å². The van der Waals surface area contributed by atoms with Crippen molar-refractivity contribution in [3.8, 4) is 40.2 Å². The molecule has 0 amide bonds. The molecule has 65 heavy (non-hydrogen) atoms. The molecule has 2 aliphatic rings. The Balaban J connectivity index is 1.12. The van der Waals surface area contributed by atoms with Crippen molar-refractivity contribution in [1.29, 1.82) is 0 Å². The summed E-state index contributed by atoms with van der Waals surface area (Å²) >= 11 is 0. The molecular formula is C46H40O16S3. The van der Waals surface area contributed by atoms with Crippen LogP contribution in [0.1, 0.15) is 50.4 Å². The third kappa shape index (κ3) is 9.18. The lowest BCUT2D eigenvalue weighted by molar-refractivity contribution is -0.0130. The number of rotatable bonds is 13. The zero-order valence-corrected chi connectivity index (χ0v) is 37.3. The summed E-state index contributed by atoms with van der Waals surface area (Å²) in [6.45, 7) is 4.82. The molecule has 6 aromatic carbocycles. The number of methoxy groups -OCH3 is 1. The molecule has 0 fully saturated rings. The van der Waals surface area contributed by atoms with Crippen molar-refractivity contribution in [3.63, 3.8) is 0 Å². The lowest BCUT2D eigenvalue weighted by Gasteiger charge is -2.35. The monoisotopic (exact) mass is 944 g/mol. The SMILES string of the molecule is COc1cc([C@H]2Oc3cc([C@H]4Oc5cc(OS(=O)(=O)c6ccc(C)cc6)cc(OS(=O)(=O)c6ccc(C)cc6)c5C(=O)[C@@H]4O)ccc3O[C@@H]2CO)ccc1OS(=O)(=O)c1ccc(C)cc1. The zero-order valence-electron chi connectivity index (χ0n) is 34.9. The van der Waals surface area contributed by atoms with Crippen molar-refractivity contribution in [3.05, 3.63) is 155 Å². The topological polar surface area (TPSA) is 225 Å². The maximum Gasteiger partial charge on any atom is 0.339 e. The molecule has 338 valence electrons. The molecule has 8 rings (SSSR count). The fourth-order valence-electron chi connectivity index (χ4n) is 7.05. The van der Waals surface area contributed by atoms with Gasteiger partial charge in [0.05, 0.1) is 13.7 Å². The third-order valence-corrected chi connectivity index (χ3v) is 14.2. The maximum absolute atomic E-state index is 14.1. The Bertz CT molecular complexity index is 3140. The number of ketones is 1. The fourth-order valence-corrected chi connectivity index (χ4v) is 9.84. The average Bonchev–Trinajstić information content (AvgIpc) is 3.27. The second kappa shape index (κ2) is 17.4. The van der Waals surface area contributed by atoms with E-state index in [0.29, 0.717) is 5.56 Å². The Morgan fingerprint density at radius 2 is 1.02 bits per heavy atom. The van der Waals surface area contributed by atoms with Crippen molar-refractivity contribution in [2.75, 3.05) is 13.7 Å². The highest BCUT2D eigenvalue weighted by atomic mass is 32.2. The molecule has 2 aliphatic heterocycles. The van der Waals surface area contributed by atoms with Gasteiger partial charge in [-0.3, -0.25) is 4.79 Å². The summed E-state index contributed by atoms with van der Waals surface area (Å²) < 4.78 is 120. The normalized spacial score (nSPS) is 18.2. The molecule has 0 saturated heterocycles. The molecule has 6 aromatic rings. The maximum atomic E-state index is 14.1. The quantitative estimate of drug-likeness (QED) is 0.118. The molecule has 0 aliphatic carbocycles. The number of benzene rings is 6. The second-order valence-corrected chi connectivity index (χ2v) is 19.8. The van der Waals surface area contributed by atoms with Gasteiger partial charge in [-0.1, -0.05) is 65.2 Å². The standard InChI is InChI=1S/C46H40O16S3/c1-26-5-13-32(14-6-26)63(50,51)60-31-23-39-42(40(24-31)62-65(54,55)34-17-9-28(3)10-18-34)43(48)44(49)46(59-39)30-11-19-35-38(22-30)58-45(41(25-47)57-35)29-12-20-36(37(21-29)56-4)61-64(52,53)33-15-7-27(2)8-16-33/h5-24,41,44-47,49H,25H2,1-4H3/t41-,44+,45-,46-/m1/s1. The predicted octanol–water partition coefficient (Wildman–Crippen LogP) is 6.47. The van der Waals surface area contributed by atoms with E-state index in [-0.39, 0.29) is 49.0 Å². The minimum Gasteiger partial charge on any atom is -0.493 e. The van der Waals surface area contributed by atoms with Gasteiger partial charge in [-0.05, 0) is 87.0 Å². The molecular weight excluding hydrogens is 905 g/mol. The van der Waals surface area contributed by atoms with Crippen molar-refractivity contribution >= 4 is 36.1 Å². The van der Waals surface area contributed by atoms with Crippen molar-refractivity contribution in [2.45, 2.75) is 59.9 Å². The Kier molecular flexibility index (Phi) is 12.0. The van der Waals surface area contributed by atoms with Crippen LogP contribution in [-0.2, 0) is 30.4 Å². The van der Waals surface area contributed by atoms with E-state index < -0.39 is 84.2 Å². The van der Waals surface area contributed by atoms with Crippen molar-refractivity contribution in [1.82, 2.24) is 0 Å². The number of aryl methyl sites for hydroxylation is 3. The number of carbonyl (C=O) groups excluding carboxylic acids is 1. The number of ether oxygens (including phenoxy) is 4. The number of carbonyl (C=O) groups is 1. The Morgan fingerprint density at radius 3 is 1.55 bits per heavy atom. The summed E-state index contributed by atoms with van der Waals surface area (Å²) in [6, 6.07) is 28.2. The highest BCUT2D eigenvalue weighted by molar-refractivity contribution is 7.87. The minimum atomic E-state index is -4.65. The van der Waals surface area contributed by atoms with Gasteiger partial charge in [0.15, 0.2) is 53.2 Å². The number of hydrogen-bond acceptors (Lipinski definition) is 16. The smallest absolute Gasteiger partial charge is 0.339 e. The number of Topliss-reactive ketones (excluding diaryl/α,β-unsaturated/α-hetero) is 1. The molecule has 2 N–H and O–H groups in total. The number of aliphatic hydroxyl groups is 2. The highest BCUT2D eigenvalue weighted by Gasteiger charge is 2.42. The van der Waals surface area contributed by atoms with Crippen LogP contribution in [0.3, 0.4) is 0 Å². The van der Waals surface area contributed by atoms with Crippen molar-refractivity contribution in [2.24, 2.45) is 0 Å². The summed E-state index contributed by atoms with van der Waals surface area (Å²) in [5.41, 5.74) is 2.44. The van der Waals surface area contributed by atoms with Crippen LogP contribution >= 0.6 is 0 Å². The second-order valence-electron chi connectivity index (χ2n) is 15.2. The average molecular weight is 945 g/mol. The predicted molar refractivity (Wildman–Crippen MR) is 231 cm³/mol. The largest absolute Gasteiger partial charge is 0.493 e. The first-order chi connectivity index (χ1) is 30.8. The lowest BCUT2D eigenvalue weighted by Crippen LogP contribution is -2.37. The van der Waals surface area contributed by atoms with Gasteiger partial charge in [0.2, 0.25) is 5.78 Å². The van der Waals surface area contributed by atoms with E-state index in [9.17, 15) is 40.3 Å². The van der Waals surface area contributed by atoms with Gasteiger partial charge < -0.3 is 41.7 Å². The summed E-state index contributed by atoms with van der Waals surface area (Å²) in [6.07, 6.45) is -5.46. The van der Waals surface area contributed by atoms with Gasteiger partial charge >= 0.3 is 30.4 Å². The molecule has 0 bridgehead atoms. The van der Waals surface area contributed by atoms with Gasteiger partial charge in [0.1, 0.15) is 31.7 Å². The molecule has 0 aromatic heterocycles. The van der Waals surface area contributed by atoms with E-state index in [0.717, 1.165) is 28.8 Å². The van der Waals surface area contributed by atoms with Crippen LogP contribution in [0.4, 0.5) is 0 Å². The summed E-state index contributed by atoms with van der Waals surface area (Å²) in [5, 5.41) is 21.9. The Hall–Kier alpha value is -6.64. The van der Waals surface area contributed by atoms with Crippen LogP contribution in [-0.4, -0.2) is 67.2 Å². The molecule has 0 saturated carbocycles. The van der Waals surface area contributed by atoms with Crippen LogP contribution in [0.5, 0.6) is 40.2 Å². The number of aliphatic hydroxyl groups excluding tert-OH is 2. The first-order valence-corrected chi connectivity index (χ1v) is 23.9. The van der Waals surface area contributed by atoms with E-state index in [1.54, 1.807) is 38.1 Å².